The summed E-state index contributed by atoms with van der Waals surface area (Å²) < 4.78 is 0. The number of carbonyl (C=O) groups is 1. The number of thioether (sulfide) groups is 1. The fourth-order valence-electron chi connectivity index (χ4n) is 2.63. The molecule has 1 N–H and O–H groups in total. The van der Waals surface area contributed by atoms with Gasteiger partial charge in [0.15, 0.2) is 0 Å². The van der Waals surface area contributed by atoms with Crippen LogP contribution in [-0.4, -0.2) is 34.7 Å². The molecule has 1 aliphatic rings. The van der Waals surface area contributed by atoms with Crippen molar-refractivity contribution in [2.24, 2.45) is 0 Å². The van der Waals surface area contributed by atoms with Crippen LogP contribution < -0.4 is 10.2 Å². The third kappa shape index (κ3) is 5.00. The lowest BCUT2D eigenvalue weighted by Gasteiger charge is -2.27. The van der Waals surface area contributed by atoms with Crippen LogP contribution in [0.5, 0.6) is 0 Å². The number of hydrogen-bond acceptors (Lipinski definition) is 5. The standard InChI is InChI=1S/C17H18Cl2N4OS/c18-12-5-4-6-13(17(12)19)22-15(24)10-25-16-9-14(20-11-21-16)23-7-2-1-3-8-23/h4-6,9,11H,1-3,7-8,10H2,(H,22,24). The highest BCUT2D eigenvalue weighted by Gasteiger charge is 2.14. The van der Waals surface area contributed by atoms with Crippen LogP contribution in [0.25, 0.3) is 0 Å². The summed E-state index contributed by atoms with van der Waals surface area (Å²) >= 11 is 13.4. The Bertz CT molecular complexity index is 753. The van der Waals surface area contributed by atoms with Crippen LogP contribution in [0.15, 0.2) is 35.6 Å². The summed E-state index contributed by atoms with van der Waals surface area (Å²) in [5.74, 6) is 1.00. The Kier molecular flexibility index (Phi) is 6.39. The number of carbonyl (C=O) groups excluding carboxylic acids is 1. The molecule has 3 rings (SSSR count). The van der Waals surface area contributed by atoms with Gasteiger partial charge >= 0.3 is 0 Å². The quantitative estimate of drug-likeness (QED) is 0.595. The van der Waals surface area contributed by atoms with Crippen LogP contribution in [0.3, 0.4) is 0 Å². The molecule has 2 heterocycles. The van der Waals surface area contributed by atoms with Gasteiger partial charge in [0.25, 0.3) is 0 Å². The lowest BCUT2D eigenvalue weighted by atomic mass is 10.1. The highest BCUT2D eigenvalue weighted by molar-refractivity contribution is 7.99. The number of hydrogen-bond donors (Lipinski definition) is 1. The first-order chi connectivity index (χ1) is 12.1. The van der Waals surface area contributed by atoms with Gasteiger partial charge < -0.3 is 10.2 Å². The summed E-state index contributed by atoms with van der Waals surface area (Å²) in [6.07, 6.45) is 5.21. The molecule has 25 heavy (non-hydrogen) atoms. The Morgan fingerprint density at radius 2 is 2.00 bits per heavy atom. The molecular weight excluding hydrogens is 379 g/mol. The molecule has 0 spiro atoms. The maximum Gasteiger partial charge on any atom is 0.234 e. The molecule has 0 saturated carbocycles. The van der Waals surface area contributed by atoms with Crippen molar-refractivity contribution in [3.8, 4) is 0 Å². The minimum Gasteiger partial charge on any atom is -0.356 e. The van der Waals surface area contributed by atoms with E-state index in [1.807, 2.05) is 6.07 Å². The minimum absolute atomic E-state index is 0.160. The van der Waals surface area contributed by atoms with Crippen molar-refractivity contribution in [2.75, 3.05) is 29.1 Å². The second-order valence-electron chi connectivity index (χ2n) is 5.70. The van der Waals surface area contributed by atoms with Gasteiger partial charge in [-0.15, -0.1) is 0 Å². The first-order valence-electron chi connectivity index (χ1n) is 8.07. The Balaban J connectivity index is 1.57. The fraction of sp³-hybridized carbons (Fsp3) is 0.353. The smallest absolute Gasteiger partial charge is 0.234 e. The van der Waals surface area contributed by atoms with E-state index in [1.165, 1.54) is 31.0 Å². The summed E-state index contributed by atoms with van der Waals surface area (Å²) in [4.78, 5) is 23.0. The van der Waals surface area contributed by atoms with Crippen LogP contribution in [0.1, 0.15) is 19.3 Å². The molecule has 1 aliphatic heterocycles. The van der Waals surface area contributed by atoms with E-state index < -0.39 is 0 Å². The van der Waals surface area contributed by atoms with E-state index in [2.05, 4.69) is 20.2 Å². The van der Waals surface area contributed by atoms with Crippen molar-refractivity contribution in [1.29, 1.82) is 0 Å². The average molecular weight is 397 g/mol. The predicted octanol–water partition coefficient (Wildman–Crippen LogP) is 4.50. The Morgan fingerprint density at radius 3 is 2.80 bits per heavy atom. The molecule has 8 heteroatoms. The molecule has 1 aromatic heterocycles. The molecule has 1 saturated heterocycles. The summed E-state index contributed by atoms with van der Waals surface area (Å²) in [5, 5.41) is 4.31. The topological polar surface area (TPSA) is 58.1 Å². The number of piperidine rings is 1. The number of benzene rings is 1. The molecule has 1 fully saturated rings. The van der Waals surface area contributed by atoms with Gasteiger partial charge in [0.05, 0.1) is 21.5 Å². The van der Waals surface area contributed by atoms with Gasteiger partial charge in [-0.1, -0.05) is 41.0 Å². The summed E-state index contributed by atoms with van der Waals surface area (Å²) in [7, 11) is 0. The van der Waals surface area contributed by atoms with E-state index in [0.717, 1.165) is 23.9 Å². The molecular formula is C17H18Cl2N4OS. The molecule has 0 aliphatic carbocycles. The van der Waals surface area contributed by atoms with Gasteiger partial charge in [-0.3, -0.25) is 4.79 Å². The van der Waals surface area contributed by atoms with E-state index in [9.17, 15) is 4.79 Å². The molecule has 1 aromatic carbocycles. The van der Waals surface area contributed by atoms with E-state index in [-0.39, 0.29) is 11.7 Å². The molecule has 0 unspecified atom stereocenters. The van der Waals surface area contributed by atoms with Crippen molar-refractivity contribution < 1.29 is 4.79 Å². The number of aromatic nitrogens is 2. The molecule has 0 radical (unpaired) electrons. The second-order valence-corrected chi connectivity index (χ2v) is 7.48. The highest BCUT2D eigenvalue weighted by Crippen LogP contribution is 2.30. The van der Waals surface area contributed by atoms with Crippen LogP contribution in [0, 0.1) is 0 Å². The molecule has 5 nitrogen and oxygen atoms in total. The molecule has 2 aromatic rings. The second kappa shape index (κ2) is 8.74. The summed E-state index contributed by atoms with van der Waals surface area (Å²) in [6, 6.07) is 7.08. The van der Waals surface area contributed by atoms with Gasteiger partial charge in [-0.2, -0.15) is 0 Å². The van der Waals surface area contributed by atoms with Gasteiger partial charge in [0.1, 0.15) is 17.2 Å². The van der Waals surface area contributed by atoms with Crippen molar-refractivity contribution >= 4 is 52.4 Å². The van der Waals surface area contributed by atoms with Crippen molar-refractivity contribution in [3.05, 3.63) is 40.6 Å². The highest BCUT2D eigenvalue weighted by atomic mass is 35.5. The third-order valence-corrected chi connectivity index (χ3v) is 5.63. The average Bonchev–Trinajstić information content (AvgIpc) is 2.65. The molecule has 132 valence electrons. The molecule has 0 bridgehead atoms. The zero-order chi connectivity index (χ0) is 17.6. The van der Waals surface area contributed by atoms with Crippen molar-refractivity contribution in [1.82, 2.24) is 9.97 Å². The lowest BCUT2D eigenvalue weighted by molar-refractivity contribution is -0.113. The van der Waals surface area contributed by atoms with Crippen LogP contribution in [-0.2, 0) is 4.79 Å². The predicted molar refractivity (Wildman–Crippen MR) is 104 cm³/mol. The normalized spacial score (nSPS) is 14.4. The van der Waals surface area contributed by atoms with Crippen LogP contribution >= 0.6 is 35.0 Å². The van der Waals surface area contributed by atoms with E-state index >= 15 is 0 Å². The van der Waals surface area contributed by atoms with Crippen LogP contribution in [0.4, 0.5) is 11.5 Å². The van der Waals surface area contributed by atoms with Crippen molar-refractivity contribution in [2.45, 2.75) is 24.3 Å². The lowest BCUT2D eigenvalue weighted by Crippen LogP contribution is -2.30. The van der Waals surface area contributed by atoms with Gasteiger partial charge in [0.2, 0.25) is 5.91 Å². The van der Waals surface area contributed by atoms with Gasteiger partial charge in [-0.05, 0) is 31.4 Å². The van der Waals surface area contributed by atoms with Gasteiger partial charge in [0, 0.05) is 19.2 Å². The minimum atomic E-state index is -0.160. The third-order valence-electron chi connectivity index (χ3n) is 3.88. The number of nitrogens with zero attached hydrogens (tertiary/aromatic N) is 3. The van der Waals surface area contributed by atoms with E-state index in [4.69, 9.17) is 23.2 Å². The zero-order valence-electron chi connectivity index (χ0n) is 13.5. The number of rotatable bonds is 5. The maximum atomic E-state index is 12.1. The maximum absolute atomic E-state index is 12.1. The number of nitrogens with one attached hydrogen (secondary N) is 1. The first-order valence-corrected chi connectivity index (χ1v) is 9.81. The molecule has 0 atom stereocenters. The zero-order valence-corrected chi connectivity index (χ0v) is 15.9. The summed E-state index contributed by atoms with van der Waals surface area (Å²) in [5.41, 5.74) is 0.511. The first kappa shape index (κ1) is 18.3. The van der Waals surface area contributed by atoms with Crippen molar-refractivity contribution in [3.63, 3.8) is 0 Å². The monoisotopic (exact) mass is 396 g/mol. The van der Waals surface area contributed by atoms with E-state index in [0.29, 0.717) is 15.7 Å². The Hall–Kier alpha value is -1.50. The largest absolute Gasteiger partial charge is 0.356 e. The van der Waals surface area contributed by atoms with Crippen LogP contribution in [0.2, 0.25) is 10.0 Å². The number of halogens is 2. The van der Waals surface area contributed by atoms with E-state index in [1.54, 1.807) is 24.5 Å². The molecule has 1 amide bonds. The Morgan fingerprint density at radius 1 is 1.20 bits per heavy atom. The SMILES string of the molecule is O=C(CSc1cc(N2CCCCC2)ncn1)Nc1cccc(Cl)c1Cl. The summed E-state index contributed by atoms with van der Waals surface area (Å²) in [6.45, 7) is 2.05. The fourth-order valence-corrected chi connectivity index (χ4v) is 3.64. The Labute approximate surface area is 161 Å². The number of amides is 1. The van der Waals surface area contributed by atoms with Gasteiger partial charge in [-0.25, -0.2) is 9.97 Å². The number of anilines is 2.